The van der Waals surface area contributed by atoms with Crippen molar-refractivity contribution in [2.75, 3.05) is 13.2 Å². The highest BCUT2D eigenvalue weighted by molar-refractivity contribution is 7.17. The molecular formula is C13H17NO2S. The van der Waals surface area contributed by atoms with E-state index in [1.54, 1.807) is 11.3 Å². The van der Waals surface area contributed by atoms with Crippen LogP contribution < -0.4 is 5.32 Å². The van der Waals surface area contributed by atoms with Crippen LogP contribution in [0.25, 0.3) is 10.1 Å². The van der Waals surface area contributed by atoms with E-state index in [0.717, 1.165) is 16.8 Å². The molecule has 0 fully saturated rings. The first-order valence-electron chi connectivity index (χ1n) is 5.75. The van der Waals surface area contributed by atoms with E-state index >= 15 is 0 Å². The van der Waals surface area contributed by atoms with Crippen molar-refractivity contribution in [2.45, 2.75) is 19.1 Å². The second-order valence-electron chi connectivity index (χ2n) is 4.01. The summed E-state index contributed by atoms with van der Waals surface area (Å²) >= 11 is 1.66. The number of thiophene rings is 1. The summed E-state index contributed by atoms with van der Waals surface area (Å²) in [5.74, 6) is 0. The van der Waals surface area contributed by atoms with E-state index in [2.05, 4.69) is 11.4 Å². The molecule has 1 heterocycles. The molecule has 92 valence electrons. The van der Waals surface area contributed by atoms with Crippen LogP contribution in [0.1, 0.15) is 18.6 Å². The summed E-state index contributed by atoms with van der Waals surface area (Å²) in [5.41, 5.74) is 0.847. The van der Waals surface area contributed by atoms with Crippen LogP contribution >= 0.6 is 11.3 Å². The van der Waals surface area contributed by atoms with Crippen molar-refractivity contribution in [1.29, 1.82) is 0 Å². The van der Waals surface area contributed by atoms with Crippen LogP contribution in [-0.4, -0.2) is 29.4 Å². The molecule has 2 rings (SSSR count). The van der Waals surface area contributed by atoms with Crippen LogP contribution in [0.15, 0.2) is 29.6 Å². The summed E-state index contributed by atoms with van der Waals surface area (Å²) in [5, 5.41) is 25.7. The average Bonchev–Trinajstić information content (AvgIpc) is 2.82. The quantitative estimate of drug-likeness (QED) is 0.761. The van der Waals surface area contributed by atoms with E-state index < -0.39 is 6.10 Å². The van der Waals surface area contributed by atoms with E-state index in [4.69, 9.17) is 0 Å². The lowest BCUT2D eigenvalue weighted by Gasteiger charge is -2.22. The third-order valence-corrected chi connectivity index (χ3v) is 3.75. The van der Waals surface area contributed by atoms with E-state index in [0.29, 0.717) is 0 Å². The van der Waals surface area contributed by atoms with E-state index in [1.807, 2.05) is 30.5 Å². The summed E-state index contributed by atoms with van der Waals surface area (Å²) in [6.45, 7) is 2.61. The largest absolute Gasteiger partial charge is 0.395 e. The number of aliphatic hydroxyl groups excluding tert-OH is 2. The molecule has 2 aromatic rings. The van der Waals surface area contributed by atoms with Gasteiger partial charge < -0.3 is 15.5 Å². The number of hydrogen-bond acceptors (Lipinski definition) is 4. The molecule has 0 saturated carbocycles. The first-order valence-corrected chi connectivity index (χ1v) is 6.63. The highest BCUT2D eigenvalue weighted by Crippen LogP contribution is 2.26. The molecule has 1 aromatic heterocycles. The van der Waals surface area contributed by atoms with E-state index in [1.165, 1.54) is 5.39 Å². The van der Waals surface area contributed by atoms with Gasteiger partial charge in [0.15, 0.2) is 0 Å². The first kappa shape index (κ1) is 12.5. The molecular weight excluding hydrogens is 234 g/mol. The van der Waals surface area contributed by atoms with Gasteiger partial charge in [-0.05, 0) is 35.0 Å². The Balaban J connectivity index is 2.24. The maximum atomic E-state index is 10.2. The number of hydrogen-bond donors (Lipinski definition) is 3. The van der Waals surface area contributed by atoms with Crippen LogP contribution in [0.3, 0.4) is 0 Å². The molecule has 1 aromatic carbocycles. The minimum absolute atomic E-state index is 0.0719. The average molecular weight is 251 g/mol. The van der Waals surface area contributed by atoms with Gasteiger partial charge in [-0.2, -0.15) is 0 Å². The summed E-state index contributed by atoms with van der Waals surface area (Å²) in [6, 6.07) is 7.66. The van der Waals surface area contributed by atoms with E-state index in [9.17, 15) is 10.2 Å². The van der Waals surface area contributed by atoms with Gasteiger partial charge in [0.25, 0.3) is 0 Å². The maximum absolute atomic E-state index is 10.2. The highest BCUT2D eigenvalue weighted by Gasteiger charge is 2.19. The van der Waals surface area contributed by atoms with Crippen molar-refractivity contribution < 1.29 is 10.2 Å². The highest BCUT2D eigenvalue weighted by atomic mass is 32.1. The van der Waals surface area contributed by atoms with Crippen LogP contribution in [0.2, 0.25) is 0 Å². The fourth-order valence-electron chi connectivity index (χ4n) is 1.93. The lowest BCUT2D eigenvalue weighted by molar-refractivity contribution is 0.0912. The van der Waals surface area contributed by atoms with Gasteiger partial charge in [-0.1, -0.05) is 19.1 Å². The molecule has 0 amide bonds. The SMILES string of the molecule is CCNC(CO)C(O)c1ccc2ccsc2c1. The van der Waals surface area contributed by atoms with Crippen molar-refractivity contribution in [3.8, 4) is 0 Å². The molecule has 0 saturated heterocycles. The molecule has 3 nitrogen and oxygen atoms in total. The van der Waals surface area contributed by atoms with Crippen molar-refractivity contribution in [3.63, 3.8) is 0 Å². The smallest absolute Gasteiger partial charge is 0.0965 e. The van der Waals surface area contributed by atoms with Gasteiger partial charge in [0.2, 0.25) is 0 Å². The van der Waals surface area contributed by atoms with Gasteiger partial charge in [-0.15, -0.1) is 11.3 Å². The minimum Gasteiger partial charge on any atom is -0.395 e. The predicted molar refractivity (Wildman–Crippen MR) is 71.3 cm³/mol. The van der Waals surface area contributed by atoms with E-state index in [-0.39, 0.29) is 12.6 Å². The summed E-state index contributed by atoms with van der Waals surface area (Å²) in [6.07, 6.45) is -0.675. The molecule has 3 N–H and O–H groups in total. The standard InChI is InChI=1S/C13H17NO2S/c1-2-14-11(8-15)13(16)10-4-3-9-5-6-17-12(9)7-10/h3-7,11,13-16H,2,8H2,1H3. The maximum Gasteiger partial charge on any atom is 0.0965 e. The fourth-order valence-corrected chi connectivity index (χ4v) is 2.76. The summed E-state index contributed by atoms with van der Waals surface area (Å²) < 4.78 is 1.16. The van der Waals surface area contributed by atoms with Crippen molar-refractivity contribution >= 4 is 21.4 Å². The number of benzene rings is 1. The molecule has 2 unspecified atom stereocenters. The van der Waals surface area contributed by atoms with Crippen LogP contribution in [0, 0.1) is 0 Å². The number of aliphatic hydroxyl groups is 2. The van der Waals surface area contributed by atoms with Crippen LogP contribution in [-0.2, 0) is 0 Å². The fraction of sp³-hybridized carbons (Fsp3) is 0.385. The monoisotopic (exact) mass is 251 g/mol. The lowest BCUT2D eigenvalue weighted by Crippen LogP contribution is -2.37. The molecule has 0 spiro atoms. The van der Waals surface area contributed by atoms with Crippen LogP contribution in [0.4, 0.5) is 0 Å². The second kappa shape index (κ2) is 5.60. The molecule has 2 atom stereocenters. The van der Waals surface area contributed by atoms with Gasteiger partial charge in [0, 0.05) is 4.70 Å². The van der Waals surface area contributed by atoms with Gasteiger partial charge in [-0.25, -0.2) is 0 Å². The number of likely N-dealkylation sites (N-methyl/N-ethyl adjacent to an activating group) is 1. The molecule has 0 aliphatic carbocycles. The van der Waals surface area contributed by atoms with Gasteiger partial charge in [-0.3, -0.25) is 0 Å². The van der Waals surface area contributed by atoms with Crippen LogP contribution in [0.5, 0.6) is 0 Å². The summed E-state index contributed by atoms with van der Waals surface area (Å²) in [7, 11) is 0. The predicted octanol–water partition coefficient (Wildman–Crippen LogP) is 1.91. The molecule has 17 heavy (non-hydrogen) atoms. The molecule has 0 aliphatic rings. The zero-order valence-corrected chi connectivity index (χ0v) is 10.6. The lowest BCUT2D eigenvalue weighted by atomic mass is 10.0. The molecule has 0 radical (unpaired) electrons. The Morgan fingerprint density at radius 3 is 2.88 bits per heavy atom. The minimum atomic E-state index is -0.675. The number of fused-ring (bicyclic) bond motifs is 1. The Bertz CT molecular complexity index is 483. The number of rotatable bonds is 5. The Hall–Kier alpha value is -0.940. The number of nitrogens with one attached hydrogen (secondary N) is 1. The molecule has 0 aliphatic heterocycles. The third-order valence-electron chi connectivity index (χ3n) is 2.87. The molecule has 4 heteroatoms. The summed E-state index contributed by atoms with van der Waals surface area (Å²) in [4.78, 5) is 0. The topological polar surface area (TPSA) is 52.5 Å². The third kappa shape index (κ3) is 2.66. The Morgan fingerprint density at radius 2 is 2.18 bits per heavy atom. The normalized spacial score (nSPS) is 15.0. The van der Waals surface area contributed by atoms with Crippen molar-refractivity contribution in [2.24, 2.45) is 0 Å². The van der Waals surface area contributed by atoms with Gasteiger partial charge in [0.05, 0.1) is 18.8 Å². The Kier molecular flexibility index (Phi) is 4.12. The van der Waals surface area contributed by atoms with Crippen molar-refractivity contribution in [3.05, 3.63) is 35.2 Å². The second-order valence-corrected chi connectivity index (χ2v) is 4.96. The molecule has 0 bridgehead atoms. The zero-order chi connectivity index (χ0) is 12.3. The van der Waals surface area contributed by atoms with Gasteiger partial charge in [0.1, 0.15) is 0 Å². The first-order chi connectivity index (χ1) is 8.26. The van der Waals surface area contributed by atoms with Crippen molar-refractivity contribution in [1.82, 2.24) is 5.32 Å². The Labute approximate surface area is 105 Å². The van der Waals surface area contributed by atoms with Gasteiger partial charge >= 0.3 is 0 Å². The zero-order valence-electron chi connectivity index (χ0n) is 9.76. The Morgan fingerprint density at radius 1 is 1.35 bits per heavy atom.